The van der Waals surface area contributed by atoms with Gasteiger partial charge < -0.3 is 14.6 Å². The Bertz CT molecular complexity index is 736. The first kappa shape index (κ1) is 24.9. The first-order valence-electron chi connectivity index (χ1n) is 9.99. The van der Waals surface area contributed by atoms with Gasteiger partial charge in [-0.1, -0.05) is 52.0 Å². The van der Waals surface area contributed by atoms with Crippen molar-refractivity contribution in [2.45, 2.75) is 40.7 Å². The van der Waals surface area contributed by atoms with E-state index in [-0.39, 0.29) is 6.42 Å². The molecular weight excluding hydrogens is 382 g/mol. The van der Waals surface area contributed by atoms with Gasteiger partial charge in [-0.2, -0.15) is 0 Å². The number of hydrogen-bond donors (Lipinski definition) is 1. The summed E-state index contributed by atoms with van der Waals surface area (Å²) < 4.78 is 11.0. The number of carboxylic acid groups (broad SMARTS) is 1. The number of benzene rings is 2. The number of carboxylic acids is 1. The summed E-state index contributed by atoms with van der Waals surface area (Å²) in [4.78, 5) is 23.8. The lowest BCUT2D eigenvalue weighted by molar-refractivity contribution is -0.136. The second-order valence-corrected chi connectivity index (χ2v) is 7.68. The van der Waals surface area contributed by atoms with Gasteiger partial charge in [-0.3, -0.25) is 4.79 Å². The molecule has 0 saturated carbocycles. The van der Waals surface area contributed by atoms with Gasteiger partial charge in [0.05, 0.1) is 26.2 Å². The van der Waals surface area contributed by atoms with Gasteiger partial charge in [0.2, 0.25) is 6.08 Å². The molecule has 0 saturated heterocycles. The monoisotopic (exact) mass is 413 g/mol. The molecule has 30 heavy (non-hydrogen) atoms. The van der Waals surface area contributed by atoms with Crippen molar-refractivity contribution in [3.8, 4) is 11.5 Å². The van der Waals surface area contributed by atoms with Gasteiger partial charge in [0, 0.05) is 0 Å². The minimum absolute atomic E-state index is 0.0600. The predicted molar refractivity (Wildman–Crippen MR) is 117 cm³/mol. The summed E-state index contributed by atoms with van der Waals surface area (Å²) in [5.74, 6) is 1.83. The maximum atomic E-state index is 10.4. The number of aliphatic carboxylic acids is 1. The third-order valence-electron chi connectivity index (χ3n) is 3.69. The van der Waals surface area contributed by atoms with E-state index in [1.165, 1.54) is 6.08 Å². The predicted octanol–water partition coefficient (Wildman–Crippen LogP) is 4.91. The number of ether oxygens (including phenoxy) is 2. The third kappa shape index (κ3) is 11.7. The molecule has 0 atom stereocenters. The van der Waals surface area contributed by atoms with Crippen molar-refractivity contribution in [2.75, 3.05) is 13.2 Å². The maximum Gasteiger partial charge on any atom is 0.307 e. The minimum Gasteiger partial charge on any atom is -0.493 e. The Morgan fingerprint density at radius 2 is 1.30 bits per heavy atom. The molecular formula is C24H31NO5. The molecule has 6 nitrogen and oxygen atoms in total. The molecule has 0 aliphatic heterocycles. The fourth-order valence-corrected chi connectivity index (χ4v) is 2.22. The topological polar surface area (TPSA) is 85.2 Å². The summed E-state index contributed by atoms with van der Waals surface area (Å²) in [5.41, 5.74) is 1.77. The number of carbonyl (C=O) groups is 1. The lowest BCUT2D eigenvalue weighted by atomic mass is 10.1. The Labute approximate surface area is 178 Å². The van der Waals surface area contributed by atoms with Crippen LogP contribution in [0.15, 0.2) is 53.5 Å². The van der Waals surface area contributed by atoms with Crippen molar-refractivity contribution in [3.05, 3.63) is 59.7 Å². The molecule has 2 aromatic carbocycles. The Morgan fingerprint density at radius 1 is 0.867 bits per heavy atom. The van der Waals surface area contributed by atoms with Crippen molar-refractivity contribution in [2.24, 2.45) is 16.8 Å². The summed E-state index contributed by atoms with van der Waals surface area (Å²) in [7, 11) is 0. The van der Waals surface area contributed by atoms with Crippen LogP contribution in [0.2, 0.25) is 0 Å². The first-order chi connectivity index (χ1) is 14.3. The van der Waals surface area contributed by atoms with E-state index in [1.54, 1.807) is 24.3 Å². The highest BCUT2D eigenvalue weighted by Crippen LogP contribution is 2.14. The van der Waals surface area contributed by atoms with Crippen LogP contribution < -0.4 is 9.47 Å². The van der Waals surface area contributed by atoms with E-state index in [1.807, 2.05) is 24.3 Å². The van der Waals surface area contributed by atoms with Gasteiger partial charge in [0.25, 0.3) is 0 Å². The highest BCUT2D eigenvalue weighted by molar-refractivity contribution is 5.70. The van der Waals surface area contributed by atoms with Gasteiger partial charge in [0.1, 0.15) is 11.5 Å². The zero-order valence-electron chi connectivity index (χ0n) is 18.1. The number of isocyanates is 1. The van der Waals surface area contributed by atoms with Crippen LogP contribution in [0.3, 0.4) is 0 Å². The Hall–Kier alpha value is -3.11. The van der Waals surface area contributed by atoms with Crippen molar-refractivity contribution in [3.63, 3.8) is 0 Å². The average Bonchev–Trinajstić information content (AvgIpc) is 2.71. The molecule has 0 spiro atoms. The van der Waals surface area contributed by atoms with Gasteiger partial charge in [-0.15, -0.1) is 0 Å². The molecule has 0 radical (unpaired) electrons. The molecule has 0 heterocycles. The normalized spacial score (nSPS) is 10.1. The number of hydrogen-bond acceptors (Lipinski definition) is 5. The quantitative estimate of drug-likeness (QED) is 0.442. The molecule has 0 fully saturated rings. The second kappa shape index (κ2) is 14.0. The average molecular weight is 414 g/mol. The van der Waals surface area contributed by atoms with E-state index in [0.29, 0.717) is 31.6 Å². The summed E-state index contributed by atoms with van der Waals surface area (Å²) >= 11 is 0. The molecule has 0 amide bonds. The highest BCUT2D eigenvalue weighted by Gasteiger charge is 2.01. The van der Waals surface area contributed by atoms with Crippen LogP contribution in [0, 0.1) is 11.8 Å². The molecule has 0 aromatic heterocycles. The van der Waals surface area contributed by atoms with Crippen molar-refractivity contribution in [1.29, 1.82) is 0 Å². The fraction of sp³-hybridized carbons (Fsp3) is 0.417. The van der Waals surface area contributed by atoms with Crippen LogP contribution in [0.4, 0.5) is 0 Å². The molecule has 0 bridgehead atoms. The number of nitrogens with zero attached hydrogens (tertiary/aromatic N) is 1. The highest BCUT2D eigenvalue weighted by atomic mass is 16.5. The molecule has 0 aliphatic carbocycles. The van der Waals surface area contributed by atoms with Gasteiger partial charge in [-0.05, 0) is 47.2 Å². The van der Waals surface area contributed by atoms with Crippen LogP contribution in [-0.2, 0) is 22.6 Å². The fourth-order valence-electron chi connectivity index (χ4n) is 2.22. The van der Waals surface area contributed by atoms with E-state index in [9.17, 15) is 9.59 Å². The van der Waals surface area contributed by atoms with E-state index < -0.39 is 5.97 Å². The molecule has 0 aliphatic rings. The molecule has 162 valence electrons. The van der Waals surface area contributed by atoms with Gasteiger partial charge in [-0.25, -0.2) is 9.79 Å². The smallest absolute Gasteiger partial charge is 0.307 e. The molecule has 2 rings (SSSR count). The van der Waals surface area contributed by atoms with Gasteiger partial charge in [0.15, 0.2) is 0 Å². The zero-order valence-corrected chi connectivity index (χ0v) is 18.1. The first-order valence-corrected chi connectivity index (χ1v) is 9.99. The summed E-state index contributed by atoms with van der Waals surface area (Å²) in [5, 5.41) is 8.58. The van der Waals surface area contributed by atoms with Crippen LogP contribution in [0.25, 0.3) is 0 Å². The van der Waals surface area contributed by atoms with Gasteiger partial charge >= 0.3 is 5.97 Å². The number of aliphatic imine (C=N–C) groups is 1. The van der Waals surface area contributed by atoms with Crippen molar-refractivity contribution in [1.82, 2.24) is 0 Å². The minimum atomic E-state index is -0.814. The Morgan fingerprint density at radius 3 is 1.67 bits per heavy atom. The largest absolute Gasteiger partial charge is 0.493 e. The summed E-state index contributed by atoms with van der Waals surface area (Å²) in [6.45, 7) is 10.1. The van der Waals surface area contributed by atoms with Crippen LogP contribution in [0.5, 0.6) is 11.5 Å². The summed E-state index contributed by atoms with van der Waals surface area (Å²) in [6, 6.07) is 14.7. The number of carbonyl (C=O) groups excluding carboxylic acids is 1. The van der Waals surface area contributed by atoms with Crippen LogP contribution in [-0.4, -0.2) is 30.4 Å². The van der Waals surface area contributed by atoms with E-state index >= 15 is 0 Å². The molecule has 0 unspecified atom stereocenters. The number of rotatable bonds is 10. The van der Waals surface area contributed by atoms with E-state index in [0.717, 1.165) is 22.6 Å². The molecule has 1 N–H and O–H groups in total. The Kier molecular flexibility index (Phi) is 11.6. The van der Waals surface area contributed by atoms with Crippen molar-refractivity contribution >= 4 is 12.0 Å². The lowest BCUT2D eigenvalue weighted by Crippen LogP contribution is -2.04. The van der Waals surface area contributed by atoms with Crippen LogP contribution in [0.1, 0.15) is 38.8 Å². The van der Waals surface area contributed by atoms with E-state index in [4.69, 9.17) is 14.6 Å². The summed E-state index contributed by atoms with van der Waals surface area (Å²) in [6.07, 6.45) is 1.57. The second-order valence-electron chi connectivity index (χ2n) is 7.68. The maximum absolute atomic E-state index is 10.4. The lowest BCUT2D eigenvalue weighted by Gasteiger charge is -2.08. The third-order valence-corrected chi connectivity index (χ3v) is 3.69. The van der Waals surface area contributed by atoms with Crippen molar-refractivity contribution < 1.29 is 24.2 Å². The van der Waals surface area contributed by atoms with E-state index in [2.05, 4.69) is 32.7 Å². The molecule has 2 aromatic rings. The standard InChI is InChI=1S/C12H15NO2.C12H16O3/c1-10(2)8-15-12-5-3-11(4-6-12)7-13-9-14;1-9(2)8-15-11-5-3-10(4-6-11)7-12(13)14/h3-6,10H,7-8H2,1-2H3;3-6,9H,7-8H2,1-2H3,(H,13,14). The molecule has 6 heteroatoms. The van der Waals surface area contributed by atoms with Crippen LogP contribution >= 0.6 is 0 Å². The SMILES string of the molecule is CC(C)COc1ccc(CC(=O)O)cc1.CC(C)COc1ccc(CN=C=O)cc1. The Balaban J connectivity index is 0.000000300. The zero-order chi connectivity index (χ0) is 22.4.